The Bertz CT molecular complexity index is 1500. The van der Waals surface area contributed by atoms with E-state index in [1.54, 1.807) is 52.8 Å². The number of hydrogen-bond donors (Lipinski definition) is 1. The fourth-order valence-corrected chi connectivity index (χ4v) is 6.82. The molecule has 46 heavy (non-hydrogen) atoms. The molecule has 0 spiro atoms. The average molecular weight is 647 g/mol. The van der Waals surface area contributed by atoms with Gasteiger partial charge in [0.15, 0.2) is 11.5 Å². The molecule has 1 saturated carbocycles. The van der Waals surface area contributed by atoms with E-state index in [-0.39, 0.29) is 42.3 Å². The molecule has 3 heterocycles. The standard InChI is InChI=1S/C33H44F2N4O7/c1-18-23-17-39(25(18)19(2)40)29(41)27(31(3,4)5)38-30(42)46-32(6)13-8-10-24(32)44-15-9-14-33(34,35)26-28(45-23)37-22-16-20(43-7)11-12-21(22)36-26/h11-12,16,18,23-25,27H,8-10,13-15,17H2,1-7H3,(H,38,42)/t18-,23+,24-,25+,27-,32-/m1/s1. The second-order valence-electron chi connectivity index (χ2n) is 14.0. The number of nitrogens with zero attached hydrogens (tertiary/aromatic N) is 3. The van der Waals surface area contributed by atoms with Gasteiger partial charge in [-0.2, -0.15) is 8.78 Å². The lowest BCUT2D eigenvalue weighted by Gasteiger charge is -2.37. The first-order valence-corrected chi connectivity index (χ1v) is 15.9. The number of fused-ring (bicyclic) bond motifs is 5. The first-order valence-electron chi connectivity index (χ1n) is 15.9. The van der Waals surface area contributed by atoms with Crippen LogP contribution in [0, 0.1) is 11.3 Å². The summed E-state index contributed by atoms with van der Waals surface area (Å²) in [5.74, 6) is -4.76. The third kappa shape index (κ3) is 6.61. The first kappa shape index (κ1) is 33.7. The van der Waals surface area contributed by atoms with E-state index in [4.69, 9.17) is 18.9 Å². The van der Waals surface area contributed by atoms with Crippen LogP contribution in [0.3, 0.4) is 0 Å². The van der Waals surface area contributed by atoms with Crippen LogP contribution in [0.4, 0.5) is 13.6 Å². The van der Waals surface area contributed by atoms with Crippen molar-refractivity contribution >= 4 is 28.8 Å². The number of methoxy groups -OCH3 is 1. The van der Waals surface area contributed by atoms with Gasteiger partial charge in [0.05, 0.1) is 36.8 Å². The first-order chi connectivity index (χ1) is 21.5. The summed E-state index contributed by atoms with van der Waals surface area (Å²) in [5.41, 5.74) is -1.88. The van der Waals surface area contributed by atoms with E-state index >= 15 is 8.78 Å². The number of rotatable bonds is 2. The maximum Gasteiger partial charge on any atom is 0.408 e. The molecular formula is C33H44F2N4O7. The molecule has 1 aromatic carbocycles. The Hall–Kier alpha value is -3.61. The number of carbonyl (C=O) groups is 3. The van der Waals surface area contributed by atoms with Crippen LogP contribution in [0.15, 0.2) is 18.2 Å². The molecular weight excluding hydrogens is 602 g/mol. The molecule has 2 aliphatic heterocycles. The number of hydrogen-bond acceptors (Lipinski definition) is 9. The Balaban J connectivity index is 1.60. The zero-order chi connectivity index (χ0) is 33.6. The van der Waals surface area contributed by atoms with Gasteiger partial charge in [-0.25, -0.2) is 14.8 Å². The number of Topliss-reactive ketones (excluding diaryl/α,β-unsaturated/α-hetero) is 1. The van der Waals surface area contributed by atoms with Crippen molar-refractivity contribution in [2.24, 2.45) is 11.3 Å². The topological polar surface area (TPSA) is 129 Å². The molecule has 2 amide bonds. The monoisotopic (exact) mass is 646 g/mol. The summed E-state index contributed by atoms with van der Waals surface area (Å²) in [5, 5.41) is 2.77. The van der Waals surface area contributed by atoms with Crippen molar-refractivity contribution in [2.45, 2.75) is 109 Å². The molecule has 1 aliphatic carbocycles. The van der Waals surface area contributed by atoms with E-state index in [9.17, 15) is 14.4 Å². The highest BCUT2D eigenvalue weighted by atomic mass is 19.3. The van der Waals surface area contributed by atoms with Crippen molar-refractivity contribution in [3.05, 3.63) is 23.9 Å². The van der Waals surface area contributed by atoms with Gasteiger partial charge in [-0.3, -0.25) is 9.59 Å². The van der Waals surface area contributed by atoms with Crippen LogP contribution in [0.1, 0.15) is 79.3 Å². The Kier molecular flexibility index (Phi) is 9.20. The second kappa shape index (κ2) is 12.5. The number of alkyl carbamates (subject to hydrolysis) is 1. The highest BCUT2D eigenvalue weighted by Crippen LogP contribution is 2.41. The molecule has 0 unspecified atom stereocenters. The molecule has 1 aromatic heterocycles. The Morgan fingerprint density at radius 3 is 2.54 bits per heavy atom. The third-order valence-electron chi connectivity index (χ3n) is 9.42. The number of ketones is 1. The summed E-state index contributed by atoms with van der Waals surface area (Å²) in [6.45, 7) is 10.2. The van der Waals surface area contributed by atoms with E-state index in [1.165, 1.54) is 18.9 Å². The minimum Gasteiger partial charge on any atom is -0.497 e. The number of alkyl halides is 2. The quantitative estimate of drug-likeness (QED) is 0.470. The van der Waals surface area contributed by atoms with Gasteiger partial charge in [0.25, 0.3) is 5.92 Å². The maximum absolute atomic E-state index is 16.0. The SMILES string of the molecule is COc1ccc2nc3c(nc2c1)O[C@H]1CN(C(=O)[C@H](C(C)(C)C)NC(=O)O[C@]2(C)CCC[C@H]2OCCCC3(F)F)[C@H](C(C)=O)[C@@H]1C. The van der Waals surface area contributed by atoms with E-state index < -0.39 is 71.3 Å². The lowest BCUT2D eigenvalue weighted by atomic mass is 9.85. The molecule has 3 aliphatic rings. The highest BCUT2D eigenvalue weighted by molar-refractivity contribution is 5.92. The Morgan fingerprint density at radius 1 is 1.13 bits per heavy atom. The van der Waals surface area contributed by atoms with Crippen LogP contribution in [0.25, 0.3) is 11.0 Å². The second-order valence-corrected chi connectivity index (χ2v) is 14.0. The summed E-state index contributed by atoms with van der Waals surface area (Å²) in [4.78, 5) is 50.7. The normalized spacial score (nSPS) is 30.7. The van der Waals surface area contributed by atoms with Gasteiger partial charge in [-0.15, -0.1) is 0 Å². The van der Waals surface area contributed by atoms with E-state index in [0.717, 1.165) is 6.42 Å². The van der Waals surface area contributed by atoms with Crippen molar-refractivity contribution in [2.75, 3.05) is 20.3 Å². The number of halogens is 2. The lowest BCUT2D eigenvalue weighted by Crippen LogP contribution is -2.58. The molecule has 6 atom stereocenters. The summed E-state index contributed by atoms with van der Waals surface area (Å²) in [6.07, 6.45) is -0.948. The van der Waals surface area contributed by atoms with Gasteiger partial charge in [-0.1, -0.05) is 27.7 Å². The Labute approximate surface area is 267 Å². The van der Waals surface area contributed by atoms with E-state index in [1.807, 2.05) is 0 Å². The smallest absolute Gasteiger partial charge is 0.408 e. The minimum absolute atomic E-state index is 0.00579. The Morgan fingerprint density at radius 2 is 1.87 bits per heavy atom. The summed E-state index contributed by atoms with van der Waals surface area (Å²) in [6, 6.07) is 2.75. The molecule has 5 rings (SSSR count). The van der Waals surface area contributed by atoms with Crippen LogP contribution in [-0.2, 0) is 25.0 Å². The third-order valence-corrected chi connectivity index (χ3v) is 9.42. The van der Waals surface area contributed by atoms with Crippen LogP contribution in [0.2, 0.25) is 0 Å². The minimum atomic E-state index is -3.45. The molecule has 252 valence electrons. The molecule has 1 saturated heterocycles. The predicted molar refractivity (Wildman–Crippen MR) is 164 cm³/mol. The highest BCUT2D eigenvalue weighted by Gasteiger charge is 2.51. The zero-order valence-corrected chi connectivity index (χ0v) is 27.5. The molecule has 11 nitrogen and oxygen atoms in total. The maximum atomic E-state index is 16.0. The van der Waals surface area contributed by atoms with Crippen molar-refractivity contribution < 1.29 is 42.1 Å². The zero-order valence-electron chi connectivity index (χ0n) is 27.5. The number of nitrogens with one attached hydrogen (secondary N) is 1. The largest absolute Gasteiger partial charge is 0.497 e. The lowest BCUT2D eigenvalue weighted by molar-refractivity contribution is -0.141. The fraction of sp³-hybridized carbons (Fsp3) is 0.667. The number of aromatic nitrogens is 2. The van der Waals surface area contributed by atoms with Crippen molar-refractivity contribution in [1.82, 2.24) is 20.2 Å². The van der Waals surface area contributed by atoms with Crippen molar-refractivity contribution in [1.29, 1.82) is 0 Å². The molecule has 2 bridgehead atoms. The number of amides is 2. The number of benzene rings is 1. The molecule has 2 aromatic rings. The van der Waals surface area contributed by atoms with Crippen LogP contribution >= 0.6 is 0 Å². The van der Waals surface area contributed by atoms with Crippen LogP contribution in [-0.4, -0.2) is 82.8 Å². The summed E-state index contributed by atoms with van der Waals surface area (Å²) >= 11 is 0. The number of ether oxygens (including phenoxy) is 4. The van der Waals surface area contributed by atoms with Crippen molar-refractivity contribution in [3.63, 3.8) is 0 Å². The molecule has 1 N–H and O–H groups in total. The molecule has 2 fully saturated rings. The number of carbonyl (C=O) groups excluding carboxylic acids is 3. The summed E-state index contributed by atoms with van der Waals surface area (Å²) < 4.78 is 55.5. The van der Waals surface area contributed by atoms with Gasteiger partial charge in [0, 0.05) is 25.0 Å². The van der Waals surface area contributed by atoms with Crippen molar-refractivity contribution in [3.8, 4) is 11.6 Å². The average Bonchev–Trinajstić information content (AvgIpc) is 3.50. The van der Waals surface area contributed by atoms with Gasteiger partial charge < -0.3 is 29.2 Å². The van der Waals surface area contributed by atoms with Gasteiger partial charge in [-0.05, 0) is 57.1 Å². The van der Waals surface area contributed by atoms with E-state index in [0.29, 0.717) is 18.6 Å². The molecule has 13 heteroatoms. The summed E-state index contributed by atoms with van der Waals surface area (Å²) in [7, 11) is 1.48. The predicted octanol–water partition coefficient (Wildman–Crippen LogP) is 5.18. The van der Waals surface area contributed by atoms with Crippen LogP contribution in [0.5, 0.6) is 11.6 Å². The van der Waals surface area contributed by atoms with Gasteiger partial charge in [0.1, 0.15) is 23.5 Å². The van der Waals surface area contributed by atoms with Gasteiger partial charge in [0.2, 0.25) is 11.8 Å². The fourth-order valence-electron chi connectivity index (χ4n) is 6.82. The van der Waals surface area contributed by atoms with Gasteiger partial charge >= 0.3 is 6.09 Å². The van der Waals surface area contributed by atoms with Crippen LogP contribution < -0.4 is 14.8 Å². The van der Waals surface area contributed by atoms with E-state index in [2.05, 4.69) is 15.3 Å². The molecule has 0 radical (unpaired) electrons.